The van der Waals surface area contributed by atoms with E-state index < -0.39 is 21.9 Å². The molecule has 4 rings (SSSR count). The molecule has 3 heterocycles. The Morgan fingerprint density at radius 1 is 1.10 bits per heavy atom. The van der Waals surface area contributed by atoms with Gasteiger partial charge in [0.05, 0.1) is 23.4 Å². The van der Waals surface area contributed by atoms with Gasteiger partial charge in [0.2, 0.25) is 10.0 Å². The van der Waals surface area contributed by atoms with Gasteiger partial charge < -0.3 is 10.1 Å². The molecule has 31 heavy (non-hydrogen) atoms. The standard InChI is InChI=1S/C22H23FN4O3S/c1-15-6-8-18(12-16(15)2)31(28,29)27-10-11-30-20(14-27)19-4-3-5-22(25-19)26-21-9-7-17(23)13-24-21/h3-9,12-13,20H,10-11,14H2,1-2H3,(H,24,25,26). The number of aromatic nitrogens is 2. The molecule has 2 aromatic heterocycles. The number of hydrogen-bond donors (Lipinski definition) is 1. The van der Waals surface area contributed by atoms with Crippen molar-refractivity contribution >= 4 is 21.7 Å². The van der Waals surface area contributed by atoms with Crippen LogP contribution >= 0.6 is 0 Å². The van der Waals surface area contributed by atoms with E-state index in [4.69, 9.17) is 4.74 Å². The van der Waals surface area contributed by atoms with Crippen LogP contribution in [0.5, 0.6) is 0 Å². The molecule has 0 radical (unpaired) electrons. The molecule has 1 unspecified atom stereocenters. The fourth-order valence-corrected chi connectivity index (χ4v) is 4.84. The smallest absolute Gasteiger partial charge is 0.243 e. The van der Waals surface area contributed by atoms with Gasteiger partial charge in [0.15, 0.2) is 0 Å². The van der Waals surface area contributed by atoms with Crippen LogP contribution in [0.2, 0.25) is 0 Å². The van der Waals surface area contributed by atoms with Gasteiger partial charge in [-0.05, 0) is 61.4 Å². The highest BCUT2D eigenvalue weighted by Gasteiger charge is 2.32. The van der Waals surface area contributed by atoms with Crippen molar-refractivity contribution in [3.05, 3.63) is 77.4 Å². The number of nitrogens with zero attached hydrogens (tertiary/aromatic N) is 3. The number of anilines is 2. The number of ether oxygens (including phenoxy) is 1. The number of sulfonamides is 1. The van der Waals surface area contributed by atoms with Crippen LogP contribution in [0.3, 0.4) is 0 Å². The predicted molar refractivity (Wildman–Crippen MR) is 115 cm³/mol. The molecule has 0 spiro atoms. The number of halogens is 1. The average molecular weight is 443 g/mol. The van der Waals surface area contributed by atoms with Gasteiger partial charge in [-0.1, -0.05) is 12.1 Å². The zero-order valence-electron chi connectivity index (χ0n) is 17.2. The minimum Gasteiger partial charge on any atom is -0.369 e. The van der Waals surface area contributed by atoms with E-state index in [9.17, 15) is 12.8 Å². The van der Waals surface area contributed by atoms with Gasteiger partial charge in [-0.2, -0.15) is 4.31 Å². The van der Waals surface area contributed by atoms with Gasteiger partial charge >= 0.3 is 0 Å². The topological polar surface area (TPSA) is 84.4 Å². The fourth-order valence-electron chi connectivity index (χ4n) is 3.33. The molecule has 7 nitrogen and oxygen atoms in total. The number of aryl methyl sites for hydroxylation is 2. The van der Waals surface area contributed by atoms with E-state index in [0.29, 0.717) is 17.3 Å². The van der Waals surface area contributed by atoms with Crippen LogP contribution in [0.15, 0.2) is 59.6 Å². The Balaban J connectivity index is 1.53. The molecule has 1 N–H and O–H groups in total. The SMILES string of the molecule is Cc1ccc(S(=O)(=O)N2CCOC(c3cccc(Nc4ccc(F)cn4)n3)C2)cc1C. The van der Waals surface area contributed by atoms with Crippen molar-refractivity contribution in [1.29, 1.82) is 0 Å². The van der Waals surface area contributed by atoms with E-state index in [1.54, 1.807) is 30.3 Å². The number of rotatable bonds is 5. The van der Waals surface area contributed by atoms with E-state index in [1.165, 1.54) is 16.4 Å². The molecule has 0 amide bonds. The third-order valence-electron chi connectivity index (χ3n) is 5.23. The van der Waals surface area contributed by atoms with Crippen molar-refractivity contribution in [2.75, 3.05) is 25.0 Å². The highest BCUT2D eigenvalue weighted by Crippen LogP contribution is 2.27. The zero-order chi connectivity index (χ0) is 22.0. The lowest BCUT2D eigenvalue weighted by atomic mass is 10.1. The number of pyridine rings is 2. The summed E-state index contributed by atoms with van der Waals surface area (Å²) in [6.45, 7) is 4.57. The molecular formula is C22H23FN4O3S. The Morgan fingerprint density at radius 3 is 2.68 bits per heavy atom. The lowest BCUT2D eigenvalue weighted by Crippen LogP contribution is -2.42. The normalized spacial score (nSPS) is 17.5. The van der Waals surface area contributed by atoms with E-state index in [2.05, 4.69) is 15.3 Å². The number of hydrogen-bond acceptors (Lipinski definition) is 6. The minimum absolute atomic E-state index is 0.167. The van der Waals surface area contributed by atoms with Gasteiger partial charge in [-0.15, -0.1) is 0 Å². The highest BCUT2D eigenvalue weighted by atomic mass is 32.2. The molecule has 1 aromatic carbocycles. The Morgan fingerprint density at radius 2 is 1.94 bits per heavy atom. The van der Waals surface area contributed by atoms with Gasteiger partial charge in [0, 0.05) is 13.1 Å². The summed E-state index contributed by atoms with van der Waals surface area (Å²) in [7, 11) is -3.64. The summed E-state index contributed by atoms with van der Waals surface area (Å²) in [6, 6.07) is 13.3. The second-order valence-corrected chi connectivity index (χ2v) is 9.34. The van der Waals surface area contributed by atoms with Crippen LogP contribution in [0.1, 0.15) is 22.9 Å². The van der Waals surface area contributed by atoms with Crippen LogP contribution in [-0.2, 0) is 14.8 Å². The summed E-state index contributed by atoms with van der Waals surface area (Å²) < 4.78 is 46.6. The second kappa shape index (κ2) is 8.70. The first-order valence-corrected chi connectivity index (χ1v) is 11.3. The molecule has 162 valence electrons. The number of benzene rings is 1. The fraction of sp³-hybridized carbons (Fsp3) is 0.273. The van der Waals surface area contributed by atoms with Crippen LogP contribution in [0.4, 0.5) is 16.0 Å². The van der Waals surface area contributed by atoms with Crippen molar-refractivity contribution in [3.8, 4) is 0 Å². The predicted octanol–water partition coefficient (Wildman–Crippen LogP) is 3.74. The maximum absolute atomic E-state index is 13.2. The summed E-state index contributed by atoms with van der Waals surface area (Å²) in [5, 5.41) is 3.01. The second-order valence-electron chi connectivity index (χ2n) is 7.40. The molecule has 1 fully saturated rings. The van der Waals surface area contributed by atoms with Crippen LogP contribution in [-0.4, -0.2) is 42.4 Å². The summed E-state index contributed by atoms with van der Waals surface area (Å²) in [5.74, 6) is 0.539. The van der Waals surface area contributed by atoms with Gasteiger partial charge in [-0.25, -0.2) is 22.8 Å². The van der Waals surface area contributed by atoms with Crippen molar-refractivity contribution in [2.45, 2.75) is 24.8 Å². The summed E-state index contributed by atoms with van der Waals surface area (Å²) in [4.78, 5) is 8.78. The molecule has 1 aliphatic rings. The Kier molecular flexibility index (Phi) is 5.99. The largest absolute Gasteiger partial charge is 0.369 e. The highest BCUT2D eigenvalue weighted by molar-refractivity contribution is 7.89. The molecule has 9 heteroatoms. The van der Waals surface area contributed by atoms with Crippen molar-refractivity contribution in [3.63, 3.8) is 0 Å². The quantitative estimate of drug-likeness (QED) is 0.648. The van der Waals surface area contributed by atoms with Crippen molar-refractivity contribution in [2.24, 2.45) is 0 Å². The molecule has 3 aromatic rings. The lowest BCUT2D eigenvalue weighted by Gasteiger charge is -2.32. The molecule has 0 aliphatic carbocycles. The first-order valence-electron chi connectivity index (χ1n) is 9.87. The van der Waals surface area contributed by atoms with Crippen molar-refractivity contribution in [1.82, 2.24) is 14.3 Å². The molecular weight excluding hydrogens is 419 g/mol. The monoisotopic (exact) mass is 442 g/mol. The maximum atomic E-state index is 13.2. The van der Waals surface area contributed by atoms with E-state index in [0.717, 1.165) is 17.3 Å². The van der Waals surface area contributed by atoms with Crippen molar-refractivity contribution < 1.29 is 17.5 Å². The first kappa shape index (κ1) is 21.4. The third kappa shape index (κ3) is 4.73. The van der Waals surface area contributed by atoms with E-state index >= 15 is 0 Å². The molecule has 0 bridgehead atoms. The van der Waals surface area contributed by atoms with Gasteiger partial charge in [0.1, 0.15) is 23.6 Å². The lowest BCUT2D eigenvalue weighted by molar-refractivity contribution is -0.00486. The summed E-state index contributed by atoms with van der Waals surface area (Å²) in [5.41, 5.74) is 2.58. The van der Waals surface area contributed by atoms with Gasteiger partial charge in [-0.3, -0.25) is 0 Å². The Hall–Kier alpha value is -2.88. The third-order valence-corrected chi connectivity index (χ3v) is 7.09. The van der Waals surface area contributed by atoms with E-state index in [-0.39, 0.29) is 24.6 Å². The minimum atomic E-state index is -3.64. The first-order chi connectivity index (χ1) is 14.8. The molecule has 1 saturated heterocycles. The zero-order valence-corrected chi connectivity index (χ0v) is 18.1. The number of morpholine rings is 1. The molecule has 1 atom stereocenters. The van der Waals surface area contributed by atoms with Gasteiger partial charge in [0.25, 0.3) is 0 Å². The maximum Gasteiger partial charge on any atom is 0.243 e. The average Bonchev–Trinajstić information content (AvgIpc) is 2.77. The Bertz CT molecular complexity index is 1190. The van der Waals surface area contributed by atoms with Crippen LogP contribution in [0.25, 0.3) is 0 Å². The van der Waals surface area contributed by atoms with E-state index in [1.807, 2.05) is 19.9 Å². The number of nitrogens with one attached hydrogen (secondary N) is 1. The summed E-state index contributed by atoms with van der Waals surface area (Å²) in [6.07, 6.45) is 0.615. The molecule has 1 aliphatic heterocycles. The van der Waals surface area contributed by atoms with Crippen LogP contribution in [0, 0.1) is 19.7 Å². The Labute approximate surface area is 181 Å². The van der Waals surface area contributed by atoms with Crippen LogP contribution < -0.4 is 5.32 Å². The molecule has 0 saturated carbocycles. The summed E-state index contributed by atoms with van der Waals surface area (Å²) >= 11 is 0.